The summed E-state index contributed by atoms with van der Waals surface area (Å²) in [5.41, 5.74) is 6.71. The first-order chi connectivity index (χ1) is 18.9. The number of nitrogens with one attached hydrogen (secondary N) is 2. The van der Waals surface area contributed by atoms with E-state index in [1.165, 1.54) is 20.3 Å². The average Bonchev–Trinajstić information content (AvgIpc) is 3.49. The molecule has 2 N–H and O–H groups in total. The van der Waals surface area contributed by atoms with Gasteiger partial charge in [-0.3, -0.25) is 0 Å². The molecule has 0 saturated heterocycles. The number of fused-ring (bicyclic) bond motifs is 2. The molecule has 0 unspecified atom stereocenters. The summed E-state index contributed by atoms with van der Waals surface area (Å²) in [4.78, 5) is 25.5. The van der Waals surface area contributed by atoms with Crippen molar-refractivity contribution in [2.75, 3.05) is 10.6 Å². The van der Waals surface area contributed by atoms with Gasteiger partial charge in [-0.2, -0.15) is 9.97 Å². The van der Waals surface area contributed by atoms with Crippen LogP contribution in [-0.4, -0.2) is 39.0 Å². The Balaban J connectivity index is 0.000000158. The number of anilines is 2. The van der Waals surface area contributed by atoms with Gasteiger partial charge in [0.2, 0.25) is 5.28 Å². The highest BCUT2D eigenvalue weighted by atomic mass is 127. The van der Waals surface area contributed by atoms with Crippen LogP contribution < -0.4 is 10.6 Å². The van der Waals surface area contributed by atoms with Gasteiger partial charge in [0.05, 0.1) is 12.7 Å². The molecule has 0 aliphatic carbocycles. The van der Waals surface area contributed by atoms with Crippen molar-refractivity contribution in [3.8, 4) is 0 Å². The van der Waals surface area contributed by atoms with Crippen LogP contribution in [0.5, 0.6) is 0 Å². The summed E-state index contributed by atoms with van der Waals surface area (Å²) in [5, 5.41) is 6.80. The van der Waals surface area contributed by atoms with Crippen LogP contribution >= 0.6 is 34.2 Å². The summed E-state index contributed by atoms with van der Waals surface area (Å²) < 4.78 is 4.93. The van der Waals surface area contributed by atoms with Crippen LogP contribution in [0.25, 0.3) is 22.3 Å². The second-order valence-corrected chi connectivity index (χ2v) is 10.5. The first-order valence-electron chi connectivity index (χ1n) is 12.1. The van der Waals surface area contributed by atoms with E-state index in [0.717, 1.165) is 34.7 Å². The molecule has 0 aliphatic rings. The fraction of sp³-hybridized carbons (Fsp3) is 0.185. The lowest BCUT2D eigenvalue weighted by atomic mass is 10.1. The molecule has 12 heteroatoms. The monoisotopic (exact) mass is 652 g/mol. The molecule has 2 aromatic carbocycles. The number of halogens is 2. The van der Waals surface area contributed by atoms with Crippen molar-refractivity contribution < 1.29 is 0 Å². The third-order valence-corrected chi connectivity index (χ3v) is 6.76. The van der Waals surface area contributed by atoms with Gasteiger partial charge in [-0.25, -0.2) is 19.9 Å². The zero-order valence-corrected chi connectivity index (χ0v) is 24.5. The lowest BCUT2D eigenvalue weighted by Gasteiger charge is -2.07. The zero-order valence-electron chi connectivity index (χ0n) is 21.6. The standard InChI is InChI=1S/C14H14ClN5.C13H12IN5/c1-9-4-3-5-10(6-9)7-16-12-11-13(19-14(15)18-12)20(2)8-17-11;1-19-8-18-11-12(16-7-17-13(11)19)15-6-9-3-2-4-10(14)5-9/h3-6,8H,7H2,1-2H3,(H,16,18,19);2-5,7-8H,6H2,1H3,(H,15,16,17). The number of benzene rings is 2. The molecule has 0 saturated carbocycles. The number of imidazole rings is 2. The van der Waals surface area contributed by atoms with Gasteiger partial charge in [0, 0.05) is 30.8 Å². The Morgan fingerprint density at radius 3 is 2.13 bits per heavy atom. The van der Waals surface area contributed by atoms with Crippen molar-refractivity contribution in [1.82, 2.24) is 39.0 Å². The van der Waals surface area contributed by atoms with E-state index in [-0.39, 0.29) is 5.28 Å². The first-order valence-corrected chi connectivity index (χ1v) is 13.6. The van der Waals surface area contributed by atoms with E-state index >= 15 is 0 Å². The van der Waals surface area contributed by atoms with Crippen LogP contribution in [0.4, 0.5) is 11.6 Å². The lowest BCUT2D eigenvalue weighted by Crippen LogP contribution is -2.04. The number of hydrogen-bond donors (Lipinski definition) is 2. The van der Waals surface area contributed by atoms with Crippen LogP contribution in [0.15, 0.2) is 67.5 Å². The Morgan fingerprint density at radius 2 is 1.41 bits per heavy atom. The number of aromatic nitrogens is 8. The van der Waals surface area contributed by atoms with Crippen molar-refractivity contribution in [2.45, 2.75) is 20.0 Å². The highest BCUT2D eigenvalue weighted by Crippen LogP contribution is 2.21. The molecule has 10 nitrogen and oxygen atoms in total. The SMILES string of the molecule is Cc1cccc(CNc2nc(Cl)nc3c2ncn3C)c1.Cn1cnc2c(NCc3cccc(I)c3)ncnc21. The van der Waals surface area contributed by atoms with Crippen LogP contribution in [0, 0.1) is 10.5 Å². The van der Waals surface area contributed by atoms with Crippen LogP contribution in [0.1, 0.15) is 16.7 Å². The lowest BCUT2D eigenvalue weighted by molar-refractivity contribution is 0.928. The maximum Gasteiger partial charge on any atom is 0.226 e. The Kier molecular flexibility index (Phi) is 8.17. The molecule has 0 fully saturated rings. The highest BCUT2D eigenvalue weighted by Gasteiger charge is 2.11. The smallest absolute Gasteiger partial charge is 0.226 e. The quantitative estimate of drug-likeness (QED) is 0.179. The average molecular weight is 653 g/mol. The molecule has 6 rings (SSSR count). The van der Waals surface area contributed by atoms with Crippen molar-refractivity contribution >= 4 is 68.2 Å². The predicted molar refractivity (Wildman–Crippen MR) is 163 cm³/mol. The van der Waals surface area contributed by atoms with Gasteiger partial charge >= 0.3 is 0 Å². The van der Waals surface area contributed by atoms with E-state index in [0.29, 0.717) is 12.4 Å². The van der Waals surface area contributed by atoms with Gasteiger partial charge in [0.15, 0.2) is 28.4 Å². The van der Waals surface area contributed by atoms with Crippen molar-refractivity contribution in [3.05, 3.63) is 93.1 Å². The van der Waals surface area contributed by atoms with E-state index < -0.39 is 0 Å². The molecule has 39 heavy (non-hydrogen) atoms. The van der Waals surface area contributed by atoms with Gasteiger partial charge in [0.1, 0.15) is 11.8 Å². The first kappa shape index (κ1) is 26.8. The van der Waals surface area contributed by atoms with E-state index in [2.05, 4.69) is 113 Å². The largest absolute Gasteiger partial charge is 0.364 e. The molecular weight excluding hydrogens is 627 g/mol. The molecule has 4 heterocycles. The third kappa shape index (κ3) is 6.42. The summed E-state index contributed by atoms with van der Waals surface area (Å²) in [6, 6.07) is 16.7. The van der Waals surface area contributed by atoms with Gasteiger partial charge < -0.3 is 19.8 Å². The van der Waals surface area contributed by atoms with Gasteiger partial charge in [0.25, 0.3) is 0 Å². The van der Waals surface area contributed by atoms with Gasteiger partial charge in [-0.1, -0.05) is 42.0 Å². The minimum absolute atomic E-state index is 0.216. The summed E-state index contributed by atoms with van der Waals surface area (Å²) in [6.45, 7) is 3.46. The van der Waals surface area contributed by atoms with E-state index in [4.69, 9.17) is 11.6 Å². The van der Waals surface area contributed by atoms with E-state index in [9.17, 15) is 0 Å². The topological polar surface area (TPSA) is 111 Å². The number of rotatable bonds is 6. The molecule has 198 valence electrons. The second kappa shape index (κ2) is 11.9. The van der Waals surface area contributed by atoms with Gasteiger partial charge in [-0.15, -0.1) is 0 Å². The normalized spacial score (nSPS) is 10.9. The zero-order chi connectivity index (χ0) is 27.4. The van der Waals surface area contributed by atoms with E-state index in [1.807, 2.05) is 29.3 Å². The fourth-order valence-corrected chi connectivity index (χ4v) is 4.79. The van der Waals surface area contributed by atoms with Crippen LogP contribution in [-0.2, 0) is 27.2 Å². The van der Waals surface area contributed by atoms with Crippen LogP contribution in [0.2, 0.25) is 5.28 Å². The van der Waals surface area contributed by atoms with Crippen molar-refractivity contribution in [3.63, 3.8) is 0 Å². The summed E-state index contributed by atoms with van der Waals surface area (Å²) in [5.74, 6) is 1.42. The molecule has 0 amide bonds. The highest BCUT2D eigenvalue weighted by molar-refractivity contribution is 14.1. The minimum atomic E-state index is 0.216. The van der Waals surface area contributed by atoms with Gasteiger partial charge in [-0.05, 0) is 64.4 Å². The minimum Gasteiger partial charge on any atom is -0.364 e. The molecule has 0 radical (unpaired) electrons. The Labute approximate surface area is 244 Å². The van der Waals surface area contributed by atoms with Crippen molar-refractivity contribution in [1.29, 1.82) is 0 Å². The third-order valence-electron chi connectivity index (χ3n) is 5.92. The molecule has 0 bridgehead atoms. The summed E-state index contributed by atoms with van der Waals surface area (Å²) >= 11 is 8.26. The molecule has 0 atom stereocenters. The van der Waals surface area contributed by atoms with Crippen LogP contribution in [0.3, 0.4) is 0 Å². The maximum absolute atomic E-state index is 5.96. The molecule has 6 aromatic rings. The summed E-state index contributed by atoms with van der Waals surface area (Å²) in [6.07, 6.45) is 5.00. The molecule has 4 aromatic heterocycles. The predicted octanol–water partition coefficient (Wildman–Crippen LogP) is 5.52. The molecule has 0 spiro atoms. The number of nitrogens with zero attached hydrogens (tertiary/aromatic N) is 8. The Hall–Kier alpha value is -3.84. The molecular formula is C27H26ClIN10. The fourth-order valence-electron chi connectivity index (χ4n) is 4.02. The molecule has 0 aliphatic heterocycles. The number of hydrogen-bond acceptors (Lipinski definition) is 8. The second-order valence-electron chi connectivity index (χ2n) is 8.94. The Bertz CT molecular complexity index is 1750. The Morgan fingerprint density at radius 1 is 0.769 bits per heavy atom. The maximum atomic E-state index is 5.96. The number of aryl methyl sites for hydroxylation is 3. The summed E-state index contributed by atoms with van der Waals surface area (Å²) in [7, 11) is 3.80. The van der Waals surface area contributed by atoms with E-state index in [1.54, 1.807) is 19.0 Å². The van der Waals surface area contributed by atoms with Crippen molar-refractivity contribution in [2.24, 2.45) is 14.1 Å².